The zero-order valence-electron chi connectivity index (χ0n) is 18.2. The SMILES string of the molecule is Cc1cc(C)c(-c2cc3cc(NC(=O)c4ccccc4Cl)ccc3n2S(C)(=O)=O)cc1C. The number of aryl methyl sites for hydroxylation is 3. The Kier molecular flexibility index (Phi) is 5.61. The lowest BCUT2D eigenvalue weighted by molar-refractivity contribution is 0.102. The average molecular weight is 467 g/mol. The van der Waals surface area contributed by atoms with Gasteiger partial charge in [-0.15, -0.1) is 0 Å². The van der Waals surface area contributed by atoms with Crippen molar-refractivity contribution in [2.75, 3.05) is 11.6 Å². The van der Waals surface area contributed by atoms with E-state index in [1.807, 2.05) is 32.9 Å². The highest BCUT2D eigenvalue weighted by Gasteiger charge is 2.20. The minimum absolute atomic E-state index is 0.331. The fraction of sp³-hybridized carbons (Fsp3) is 0.160. The number of amides is 1. The van der Waals surface area contributed by atoms with Gasteiger partial charge in [0.1, 0.15) is 0 Å². The molecule has 0 saturated carbocycles. The number of benzene rings is 3. The maximum absolute atomic E-state index is 12.7. The predicted molar refractivity (Wildman–Crippen MR) is 131 cm³/mol. The van der Waals surface area contributed by atoms with Crippen LogP contribution in [-0.4, -0.2) is 24.6 Å². The summed E-state index contributed by atoms with van der Waals surface area (Å²) in [5.41, 5.74) is 6.16. The van der Waals surface area contributed by atoms with Gasteiger partial charge in [0, 0.05) is 16.6 Å². The third kappa shape index (κ3) is 4.04. The molecule has 3 aromatic carbocycles. The van der Waals surface area contributed by atoms with Crippen molar-refractivity contribution in [2.45, 2.75) is 20.8 Å². The van der Waals surface area contributed by atoms with Gasteiger partial charge in [-0.05, 0) is 79.9 Å². The molecule has 0 aliphatic rings. The number of fused-ring (bicyclic) bond motifs is 1. The molecule has 32 heavy (non-hydrogen) atoms. The minimum Gasteiger partial charge on any atom is -0.322 e. The second kappa shape index (κ2) is 8.11. The first-order valence-corrected chi connectivity index (χ1v) is 12.3. The van der Waals surface area contributed by atoms with Crippen LogP contribution >= 0.6 is 11.6 Å². The van der Waals surface area contributed by atoms with Crippen molar-refractivity contribution in [2.24, 2.45) is 0 Å². The van der Waals surface area contributed by atoms with Gasteiger partial charge in [0.25, 0.3) is 5.91 Å². The number of carbonyl (C=O) groups is 1. The van der Waals surface area contributed by atoms with E-state index in [1.54, 1.807) is 42.5 Å². The van der Waals surface area contributed by atoms with Crippen molar-refractivity contribution >= 4 is 44.1 Å². The molecule has 4 aromatic rings. The number of halogens is 1. The normalized spacial score (nSPS) is 11.7. The van der Waals surface area contributed by atoms with E-state index in [2.05, 4.69) is 11.4 Å². The Morgan fingerprint density at radius 1 is 0.906 bits per heavy atom. The van der Waals surface area contributed by atoms with E-state index >= 15 is 0 Å². The van der Waals surface area contributed by atoms with Crippen LogP contribution in [0.3, 0.4) is 0 Å². The van der Waals surface area contributed by atoms with Crippen LogP contribution in [0.15, 0.2) is 60.7 Å². The van der Waals surface area contributed by atoms with Crippen LogP contribution < -0.4 is 5.32 Å². The molecule has 1 amide bonds. The second-order valence-electron chi connectivity index (χ2n) is 8.02. The first-order valence-electron chi connectivity index (χ1n) is 10.1. The van der Waals surface area contributed by atoms with Gasteiger partial charge < -0.3 is 5.32 Å². The summed E-state index contributed by atoms with van der Waals surface area (Å²) >= 11 is 6.13. The summed E-state index contributed by atoms with van der Waals surface area (Å²) in [6.07, 6.45) is 1.19. The van der Waals surface area contributed by atoms with Crippen LogP contribution in [0.2, 0.25) is 5.02 Å². The number of carbonyl (C=O) groups excluding carboxylic acids is 1. The summed E-state index contributed by atoms with van der Waals surface area (Å²) in [4.78, 5) is 12.6. The van der Waals surface area contributed by atoms with Crippen LogP contribution in [0.4, 0.5) is 5.69 Å². The third-order valence-corrected chi connectivity index (χ3v) is 6.97. The number of hydrogen-bond donors (Lipinski definition) is 1. The molecule has 0 aliphatic carbocycles. The molecule has 1 aromatic heterocycles. The standard InChI is InChI=1S/C25H23ClN2O3S/c1-15-11-17(3)21(12-16(15)2)24-14-18-13-19(9-10-23(18)28(24)32(4,30)31)27-25(29)20-7-5-6-8-22(20)26/h5-14H,1-4H3,(H,27,29). The number of rotatable bonds is 4. The van der Waals surface area contributed by atoms with Crippen molar-refractivity contribution in [3.63, 3.8) is 0 Å². The Labute approximate surface area is 192 Å². The zero-order valence-corrected chi connectivity index (χ0v) is 19.8. The van der Waals surface area contributed by atoms with Gasteiger partial charge in [0.2, 0.25) is 10.0 Å². The van der Waals surface area contributed by atoms with Crippen LogP contribution in [-0.2, 0) is 10.0 Å². The highest BCUT2D eigenvalue weighted by molar-refractivity contribution is 7.89. The molecule has 0 fully saturated rings. The van der Waals surface area contributed by atoms with Crippen molar-refractivity contribution in [3.8, 4) is 11.3 Å². The number of aromatic nitrogens is 1. The zero-order chi connectivity index (χ0) is 23.2. The number of anilines is 1. The largest absolute Gasteiger partial charge is 0.322 e. The van der Waals surface area contributed by atoms with Crippen LogP contribution in [0.25, 0.3) is 22.2 Å². The predicted octanol–water partition coefficient (Wildman–Crippen LogP) is 5.95. The Morgan fingerprint density at radius 3 is 2.28 bits per heavy atom. The van der Waals surface area contributed by atoms with Crippen molar-refractivity contribution < 1.29 is 13.2 Å². The molecule has 0 saturated heterocycles. The summed E-state index contributed by atoms with van der Waals surface area (Å²) < 4.78 is 26.8. The maximum Gasteiger partial charge on any atom is 0.257 e. The van der Waals surface area contributed by atoms with Gasteiger partial charge in [-0.3, -0.25) is 4.79 Å². The maximum atomic E-state index is 12.7. The lowest BCUT2D eigenvalue weighted by atomic mass is 9.99. The molecule has 5 nitrogen and oxygen atoms in total. The molecule has 1 N–H and O–H groups in total. The first-order chi connectivity index (χ1) is 15.1. The topological polar surface area (TPSA) is 68.2 Å². The molecular formula is C25H23ClN2O3S. The Hall–Kier alpha value is -3.09. The first kappa shape index (κ1) is 22.1. The van der Waals surface area contributed by atoms with Gasteiger partial charge in [0.05, 0.1) is 28.1 Å². The molecule has 0 radical (unpaired) electrons. The van der Waals surface area contributed by atoms with Crippen molar-refractivity contribution in [1.82, 2.24) is 3.97 Å². The van der Waals surface area contributed by atoms with E-state index in [0.29, 0.717) is 32.9 Å². The van der Waals surface area contributed by atoms with Crippen LogP contribution in [0.5, 0.6) is 0 Å². The molecule has 0 unspecified atom stereocenters. The summed E-state index contributed by atoms with van der Waals surface area (Å²) in [7, 11) is -3.58. The third-order valence-electron chi connectivity index (χ3n) is 5.58. The fourth-order valence-electron chi connectivity index (χ4n) is 3.89. The molecule has 0 bridgehead atoms. The molecule has 0 atom stereocenters. The summed E-state index contributed by atoms with van der Waals surface area (Å²) in [5.74, 6) is -0.331. The number of nitrogens with zero attached hydrogens (tertiary/aromatic N) is 1. The fourth-order valence-corrected chi connectivity index (χ4v) is 5.15. The lowest BCUT2D eigenvalue weighted by Gasteiger charge is -2.13. The minimum atomic E-state index is -3.58. The highest BCUT2D eigenvalue weighted by Crippen LogP contribution is 2.34. The Morgan fingerprint density at radius 2 is 1.59 bits per heavy atom. The molecule has 4 rings (SSSR count). The monoisotopic (exact) mass is 466 g/mol. The van der Waals surface area contributed by atoms with Gasteiger partial charge in [-0.25, -0.2) is 12.4 Å². The van der Waals surface area contributed by atoms with E-state index in [4.69, 9.17) is 11.6 Å². The van der Waals surface area contributed by atoms with E-state index in [-0.39, 0.29) is 5.91 Å². The summed E-state index contributed by atoms with van der Waals surface area (Å²) in [5, 5.41) is 3.92. The highest BCUT2D eigenvalue weighted by atomic mass is 35.5. The van der Waals surface area contributed by atoms with Gasteiger partial charge in [-0.1, -0.05) is 29.8 Å². The second-order valence-corrected chi connectivity index (χ2v) is 10.3. The van der Waals surface area contributed by atoms with Crippen LogP contribution in [0, 0.1) is 20.8 Å². The van der Waals surface area contributed by atoms with E-state index in [0.717, 1.165) is 22.3 Å². The Balaban J connectivity index is 1.84. The molecule has 0 spiro atoms. The van der Waals surface area contributed by atoms with Gasteiger partial charge >= 0.3 is 0 Å². The lowest BCUT2D eigenvalue weighted by Crippen LogP contribution is -2.13. The quantitative estimate of drug-likeness (QED) is 0.404. The molecule has 1 heterocycles. The Bertz CT molecular complexity index is 1490. The molecule has 7 heteroatoms. The molecule has 0 aliphatic heterocycles. The van der Waals surface area contributed by atoms with E-state index in [9.17, 15) is 13.2 Å². The smallest absolute Gasteiger partial charge is 0.257 e. The number of nitrogens with one attached hydrogen (secondary N) is 1. The van der Waals surface area contributed by atoms with Crippen molar-refractivity contribution in [1.29, 1.82) is 0 Å². The van der Waals surface area contributed by atoms with Crippen molar-refractivity contribution in [3.05, 3.63) is 87.9 Å². The van der Waals surface area contributed by atoms with E-state index in [1.165, 1.54) is 10.2 Å². The number of hydrogen-bond acceptors (Lipinski definition) is 3. The molecule has 164 valence electrons. The summed E-state index contributed by atoms with van der Waals surface area (Å²) in [6.45, 7) is 6.02. The van der Waals surface area contributed by atoms with Crippen LogP contribution in [0.1, 0.15) is 27.0 Å². The van der Waals surface area contributed by atoms with Gasteiger partial charge in [-0.2, -0.15) is 0 Å². The summed E-state index contributed by atoms with van der Waals surface area (Å²) in [6, 6.07) is 17.9. The average Bonchev–Trinajstić information content (AvgIpc) is 3.09. The van der Waals surface area contributed by atoms with E-state index < -0.39 is 10.0 Å². The molecular weight excluding hydrogens is 444 g/mol. The van der Waals surface area contributed by atoms with Gasteiger partial charge in [0.15, 0.2) is 0 Å².